The largest absolute Gasteiger partial charge is 0.379 e. The Kier molecular flexibility index (Phi) is 5.85. The molecule has 0 bridgehead atoms. The normalized spacial score (nSPS) is 20.6. The first kappa shape index (κ1) is 20.4. The van der Waals surface area contributed by atoms with E-state index < -0.39 is 0 Å². The summed E-state index contributed by atoms with van der Waals surface area (Å²) in [4.78, 5) is 27.8. The second-order valence-corrected chi connectivity index (χ2v) is 9.00. The van der Waals surface area contributed by atoms with Gasteiger partial charge in [-0.2, -0.15) is 0 Å². The summed E-state index contributed by atoms with van der Waals surface area (Å²) in [5, 5.41) is 6.27. The number of thiophene rings is 1. The van der Waals surface area contributed by atoms with Gasteiger partial charge in [-0.1, -0.05) is 30.3 Å². The van der Waals surface area contributed by atoms with E-state index in [1.54, 1.807) is 11.3 Å². The lowest BCUT2D eigenvalue weighted by Crippen LogP contribution is -2.37. The van der Waals surface area contributed by atoms with Crippen LogP contribution in [0.2, 0.25) is 0 Å². The zero-order chi connectivity index (χ0) is 21.2. The topological polar surface area (TPSA) is 70.6 Å². The summed E-state index contributed by atoms with van der Waals surface area (Å²) in [5.74, 6) is 1.88. The molecule has 1 unspecified atom stereocenters. The molecule has 1 N–H and O–H groups in total. The Hall–Kier alpha value is -2.55. The van der Waals surface area contributed by atoms with Crippen molar-refractivity contribution in [1.82, 2.24) is 20.2 Å². The SMILES string of the molecule is CC1CC(=O)NCCN1c1nc(CN2CCOCC2)nc2scc(-c3ccccc3)c12. The zero-order valence-electron chi connectivity index (χ0n) is 17.7. The number of hydrogen-bond donors (Lipinski definition) is 1. The Morgan fingerprint density at radius 2 is 1.97 bits per heavy atom. The number of anilines is 1. The van der Waals surface area contributed by atoms with Gasteiger partial charge in [0.25, 0.3) is 0 Å². The van der Waals surface area contributed by atoms with Crippen molar-refractivity contribution < 1.29 is 9.53 Å². The van der Waals surface area contributed by atoms with Crippen LogP contribution in [0.1, 0.15) is 19.2 Å². The third-order valence-electron chi connectivity index (χ3n) is 5.97. The van der Waals surface area contributed by atoms with E-state index in [0.29, 0.717) is 19.5 Å². The molecule has 1 atom stereocenters. The average Bonchev–Trinajstić information content (AvgIpc) is 3.13. The van der Waals surface area contributed by atoms with Crippen LogP contribution in [0.5, 0.6) is 0 Å². The van der Waals surface area contributed by atoms with Crippen LogP contribution in [-0.4, -0.2) is 66.2 Å². The molecule has 3 aromatic rings. The minimum atomic E-state index is 0.0698. The van der Waals surface area contributed by atoms with E-state index in [1.807, 2.05) is 6.07 Å². The van der Waals surface area contributed by atoms with Crippen molar-refractivity contribution in [2.24, 2.45) is 0 Å². The number of amides is 1. The molecule has 162 valence electrons. The predicted molar refractivity (Wildman–Crippen MR) is 123 cm³/mol. The van der Waals surface area contributed by atoms with Crippen molar-refractivity contribution >= 4 is 33.3 Å². The summed E-state index contributed by atoms with van der Waals surface area (Å²) in [6.07, 6.45) is 0.467. The van der Waals surface area contributed by atoms with Crippen molar-refractivity contribution in [3.63, 3.8) is 0 Å². The van der Waals surface area contributed by atoms with Gasteiger partial charge in [-0.3, -0.25) is 9.69 Å². The standard InChI is InChI=1S/C23H27N5O2S/c1-16-13-20(29)24-7-8-28(16)22-21-18(17-5-3-2-4-6-17)15-31-23(21)26-19(25-22)14-27-9-11-30-12-10-27/h2-6,15-16H,7-14H2,1H3,(H,24,29). The molecule has 0 radical (unpaired) electrons. The van der Waals surface area contributed by atoms with Crippen LogP contribution < -0.4 is 10.2 Å². The Morgan fingerprint density at radius 3 is 2.77 bits per heavy atom. The van der Waals surface area contributed by atoms with Gasteiger partial charge in [-0.25, -0.2) is 9.97 Å². The lowest BCUT2D eigenvalue weighted by molar-refractivity contribution is -0.120. The number of ether oxygens (including phenoxy) is 1. The van der Waals surface area contributed by atoms with Gasteiger partial charge in [0.2, 0.25) is 5.91 Å². The van der Waals surface area contributed by atoms with Gasteiger partial charge in [-0.05, 0) is 12.5 Å². The maximum absolute atomic E-state index is 12.1. The molecule has 2 aliphatic heterocycles. The third kappa shape index (κ3) is 4.28. The van der Waals surface area contributed by atoms with Crippen molar-refractivity contribution in [2.75, 3.05) is 44.3 Å². The Bertz CT molecular complexity index is 1060. The number of morpholine rings is 1. The van der Waals surface area contributed by atoms with Crippen molar-refractivity contribution in [1.29, 1.82) is 0 Å². The highest BCUT2D eigenvalue weighted by Crippen LogP contribution is 2.39. The average molecular weight is 438 g/mol. The Balaban J connectivity index is 1.61. The number of benzene rings is 1. The summed E-state index contributed by atoms with van der Waals surface area (Å²) in [6, 6.07) is 10.5. The quantitative estimate of drug-likeness (QED) is 0.677. The van der Waals surface area contributed by atoms with Crippen LogP contribution in [0.3, 0.4) is 0 Å². The number of aromatic nitrogens is 2. The molecule has 1 aromatic carbocycles. The number of nitrogens with zero attached hydrogens (tertiary/aromatic N) is 4. The van der Waals surface area contributed by atoms with Crippen LogP contribution in [0.15, 0.2) is 35.7 Å². The molecule has 8 heteroatoms. The highest BCUT2D eigenvalue weighted by Gasteiger charge is 2.27. The van der Waals surface area contributed by atoms with E-state index in [1.165, 1.54) is 0 Å². The molecule has 1 amide bonds. The van der Waals surface area contributed by atoms with E-state index in [2.05, 4.69) is 51.7 Å². The number of rotatable bonds is 4. The molecule has 2 aromatic heterocycles. The Labute approximate surface area is 186 Å². The maximum atomic E-state index is 12.1. The van der Waals surface area contributed by atoms with Gasteiger partial charge >= 0.3 is 0 Å². The van der Waals surface area contributed by atoms with E-state index in [-0.39, 0.29) is 11.9 Å². The van der Waals surface area contributed by atoms with Gasteiger partial charge in [0, 0.05) is 49.6 Å². The van der Waals surface area contributed by atoms with E-state index in [4.69, 9.17) is 14.7 Å². The number of carbonyl (C=O) groups is 1. The maximum Gasteiger partial charge on any atom is 0.222 e. The monoisotopic (exact) mass is 437 g/mol. The second kappa shape index (κ2) is 8.90. The van der Waals surface area contributed by atoms with Gasteiger partial charge in [-0.15, -0.1) is 11.3 Å². The number of carbonyl (C=O) groups excluding carboxylic acids is 1. The molecule has 4 heterocycles. The predicted octanol–water partition coefficient (Wildman–Crippen LogP) is 2.91. The fourth-order valence-electron chi connectivity index (χ4n) is 4.34. The molecule has 2 saturated heterocycles. The van der Waals surface area contributed by atoms with Crippen LogP contribution in [0.4, 0.5) is 5.82 Å². The molecule has 31 heavy (non-hydrogen) atoms. The molecule has 0 aliphatic carbocycles. The first-order chi connectivity index (χ1) is 15.2. The van der Waals surface area contributed by atoms with E-state index >= 15 is 0 Å². The summed E-state index contributed by atoms with van der Waals surface area (Å²) >= 11 is 1.67. The number of hydrogen-bond acceptors (Lipinski definition) is 7. The smallest absolute Gasteiger partial charge is 0.222 e. The molecular formula is C23H27N5O2S. The van der Waals surface area contributed by atoms with Crippen LogP contribution >= 0.6 is 11.3 Å². The first-order valence-corrected chi connectivity index (χ1v) is 11.7. The molecule has 2 aliphatic rings. The third-order valence-corrected chi connectivity index (χ3v) is 6.85. The van der Waals surface area contributed by atoms with Gasteiger partial charge in [0.05, 0.1) is 25.1 Å². The highest BCUT2D eigenvalue weighted by molar-refractivity contribution is 7.17. The fourth-order valence-corrected chi connectivity index (χ4v) is 5.30. The first-order valence-electron chi connectivity index (χ1n) is 10.9. The van der Waals surface area contributed by atoms with Crippen LogP contribution in [0, 0.1) is 0 Å². The molecule has 5 rings (SSSR count). The second-order valence-electron chi connectivity index (χ2n) is 8.14. The van der Waals surface area contributed by atoms with Gasteiger partial charge in [0.15, 0.2) is 0 Å². The molecule has 0 spiro atoms. The van der Waals surface area contributed by atoms with Gasteiger partial charge in [0.1, 0.15) is 16.5 Å². The molecule has 7 nitrogen and oxygen atoms in total. The molecule has 2 fully saturated rings. The Morgan fingerprint density at radius 1 is 1.16 bits per heavy atom. The number of nitrogens with one attached hydrogen (secondary N) is 1. The summed E-state index contributed by atoms with van der Waals surface area (Å²) in [5.41, 5.74) is 2.32. The van der Waals surface area contributed by atoms with E-state index in [9.17, 15) is 4.79 Å². The minimum absolute atomic E-state index is 0.0698. The van der Waals surface area contributed by atoms with Crippen molar-refractivity contribution in [3.8, 4) is 11.1 Å². The summed E-state index contributed by atoms with van der Waals surface area (Å²) < 4.78 is 5.49. The van der Waals surface area contributed by atoms with Gasteiger partial charge < -0.3 is 15.0 Å². The van der Waals surface area contributed by atoms with Crippen molar-refractivity contribution in [2.45, 2.75) is 25.9 Å². The lowest BCUT2D eigenvalue weighted by atomic mass is 10.1. The van der Waals surface area contributed by atoms with E-state index in [0.717, 1.165) is 65.8 Å². The molecular weight excluding hydrogens is 410 g/mol. The fraction of sp³-hybridized carbons (Fsp3) is 0.435. The highest BCUT2D eigenvalue weighted by atomic mass is 32.1. The molecule has 0 saturated carbocycles. The zero-order valence-corrected chi connectivity index (χ0v) is 18.5. The van der Waals surface area contributed by atoms with Crippen LogP contribution in [0.25, 0.3) is 21.3 Å². The van der Waals surface area contributed by atoms with Crippen molar-refractivity contribution in [3.05, 3.63) is 41.5 Å². The summed E-state index contributed by atoms with van der Waals surface area (Å²) in [7, 11) is 0. The minimum Gasteiger partial charge on any atom is -0.379 e. The lowest BCUT2D eigenvalue weighted by Gasteiger charge is -2.30. The number of fused-ring (bicyclic) bond motifs is 1. The van der Waals surface area contributed by atoms with Crippen LogP contribution in [-0.2, 0) is 16.1 Å². The summed E-state index contributed by atoms with van der Waals surface area (Å²) in [6.45, 7) is 7.48.